The molecule has 4 heteroatoms. The van der Waals surface area contributed by atoms with E-state index in [2.05, 4.69) is 27.7 Å². The van der Waals surface area contributed by atoms with E-state index in [1.165, 1.54) is 6.92 Å². The minimum Gasteiger partial charge on any atom is -0.344 e. The van der Waals surface area contributed by atoms with Crippen LogP contribution in [-0.4, -0.2) is 48.8 Å². The molecule has 0 heterocycles. The van der Waals surface area contributed by atoms with E-state index in [-0.39, 0.29) is 28.6 Å². The third-order valence-corrected chi connectivity index (χ3v) is 4.95. The van der Waals surface area contributed by atoms with E-state index in [0.29, 0.717) is 13.1 Å². The van der Waals surface area contributed by atoms with Crippen molar-refractivity contribution in [2.75, 3.05) is 27.2 Å². The van der Waals surface area contributed by atoms with Crippen LogP contribution < -0.4 is 0 Å². The summed E-state index contributed by atoms with van der Waals surface area (Å²) >= 11 is 0. The molecular formula is C14H26N2O2. The van der Waals surface area contributed by atoms with Gasteiger partial charge in [-0.3, -0.25) is 9.59 Å². The molecule has 0 spiro atoms. The second-order valence-electron chi connectivity index (χ2n) is 6.58. The zero-order valence-electron chi connectivity index (χ0n) is 12.7. The van der Waals surface area contributed by atoms with Crippen LogP contribution in [-0.2, 0) is 9.59 Å². The zero-order chi connectivity index (χ0) is 14.3. The molecule has 0 saturated heterocycles. The summed E-state index contributed by atoms with van der Waals surface area (Å²) in [7, 11) is 3.58. The molecule has 0 aliphatic heterocycles. The maximum Gasteiger partial charge on any atom is 0.226 e. The molecule has 0 N–H and O–H groups in total. The van der Waals surface area contributed by atoms with Crippen molar-refractivity contribution in [2.45, 2.75) is 34.6 Å². The minimum absolute atomic E-state index is 0.0305. The molecule has 0 aromatic heterocycles. The van der Waals surface area contributed by atoms with Crippen molar-refractivity contribution in [1.29, 1.82) is 0 Å². The molecule has 2 amide bonds. The molecule has 0 aromatic carbocycles. The SMILES string of the molecule is CC(=O)N(C)CCN(C)C(=O)C1C(C)(C)C1(C)C. The largest absolute Gasteiger partial charge is 0.344 e. The highest BCUT2D eigenvalue weighted by Crippen LogP contribution is 2.68. The number of amides is 2. The number of rotatable bonds is 4. The fourth-order valence-corrected chi connectivity index (χ4v) is 2.60. The summed E-state index contributed by atoms with van der Waals surface area (Å²) in [5, 5.41) is 0. The van der Waals surface area contributed by atoms with Gasteiger partial charge in [0.1, 0.15) is 0 Å². The molecule has 0 atom stereocenters. The van der Waals surface area contributed by atoms with Crippen LogP contribution in [0, 0.1) is 16.7 Å². The van der Waals surface area contributed by atoms with Crippen LogP contribution in [0.25, 0.3) is 0 Å². The first-order valence-corrected chi connectivity index (χ1v) is 6.50. The van der Waals surface area contributed by atoms with Crippen molar-refractivity contribution in [3.8, 4) is 0 Å². The number of hydrogen-bond acceptors (Lipinski definition) is 2. The number of carbonyl (C=O) groups is 2. The van der Waals surface area contributed by atoms with Gasteiger partial charge in [0.2, 0.25) is 11.8 Å². The Bertz CT molecular complexity index is 347. The lowest BCUT2D eigenvalue weighted by Crippen LogP contribution is -2.38. The van der Waals surface area contributed by atoms with E-state index in [1.807, 2.05) is 7.05 Å². The number of nitrogens with zero attached hydrogens (tertiary/aromatic N) is 2. The summed E-state index contributed by atoms with van der Waals surface area (Å²) in [6, 6.07) is 0. The van der Waals surface area contributed by atoms with Gasteiger partial charge in [-0.2, -0.15) is 0 Å². The lowest BCUT2D eigenvalue weighted by molar-refractivity contribution is -0.134. The van der Waals surface area contributed by atoms with Gasteiger partial charge in [-0.15, -0.1) is 0 Å². The van der Waals surface area contributed by atoms with E-state index in [9.17, 15) is 9.59 Å². The third kappa shape index (κ3) is 2.38. The van der Waals surface area contributed by atoms with Crippen LogP contribution in [0.1, 0.15) is 34.6 Å². The average Bonchev–Trinajstić information content (AvgIpc) is 2.64. The van der Waals surface area contributed by atoms with Crippen molar-refractivity contribution in [1.82, 2.24) is 9.80 Å². The fourth-order valence-electron chi connectivity index (χ4n) is 2.60. The second kappa shape index (κ2) is 4.56. The zero-order valence-corrected chi connectivity index (χ0v) is 12.7. The molecular weight excluding hydrogens is 228 g/mol. The maximum atomic E-state index is 12.3. The van der Waals surface area contributed by atoms with Gasteiger partial charge in [0, 0.05) is 40.0 Å². The van der Waals surface area contributed by atoms with E-state index in [1.54, 1.807) is 16.8 Å². The fraction of sp³-hybridized carbons (Fsp3) is 0.857. The van der Waals surface area contributed by atoms with Crippen LogP contribution in [0.3, 0.4) is 0 Å². The molecule has 1 aliphatic carbocycles. The third-order valence-electron chi connectivity index (χ3n) is 4.95. The van der Waals surface area contributed by atoms with Gasteiger partial charge >= 0.3 is 0 Å². The Hall–Kier alpha value is -1.06. The number of hydrogen-bond donors (Lipinski definition) is 0. The van der Waals surface area contributed by atoms with Crippen LogP contribution in [0.4, 0.5) is 0 Å². The normalized spacial score (nSPS) is 20.4. The number of carbonyl (C=O) groups excluding carboxylic acids is 2. The Morgan fingerprint density at radius 3 is 1.67 bits per heavy atom. The first kappa shape index (κ1) is 15.0. The van der Waals surface area contributed by atoms with Gasteiger partial charge in [-0.1, -0.05) is 27.7 Å². The van der Waals surface area contributed by atoms with Crippen LogP contribution in [0.15, 0.2) is 0 Å². The van der Waals surface area contributed by atoms with E-state index >= 15 is 0 Å². The van der Waals surface area contributed by atoms with Crippen molar-refractivity contribution >= 4 is 11.8 Å². The Morgan fingerprint density at radius 1 is 0.944 bits per heavy atom. The second-order valence-corrected chi connectivity index (χ2v) is 6.58. The molecule has 18 heavy (non-hydrogen) atoms. The summed E-state index contributed by atoms with van der Waals surface area (Å²) in [6.07, 6.45) is 0. The molecule has 0 radical (unpaired) electrons. The topological polar surface area (TPSA) is 40.6 Å². The molecule has 1 aliphatic rings. The van der Waals surface area contributed by atoms with Gasteiger partial charge in [0.15, 0.2) is 0 Å². The molecule has 4 nitrogen and oxygen atoms in total. The van der Waals surface area contributed by atoms with Gasteiger partial charge in [-0.25, -0.2) is 0 Å². The summed E-state index contributed by atoms with van der Waals surface area (Å²) in [6.45, 7) is 11.3. The van der Waals surface area contributed by atoms with Crippen molar-refractivity contribution < 1.29 is 9.59 Å². The molecule has 1 saturated carbocycles. The van der Waals surface area contributed by atoms with Gasteiger partial charge in [0.25, 0.3) is 0 Å². The van der Waals surface area contributed by atoms with Crippen LogP contribution in [0.5, 0.6) is 0 Å². The minimum atomic E-state index is 0.0305. The summed E-state index contributed by atoms with van der Waals surface area (Å²) in [4.78, 5) is 26.8. The first-order valence-electron chi connectivity index (χ1n) is 6.50. The molecule has 0 bridgehead atoms. The quantitative estimate of drug-likeness (QED) is 0.764. The maximum absolute atomic E-state index is 12.3. The van der Waals surface area contributed by atoms with E-state index in [4.69, 9.17) is 0 Å². The highest BCUT2D eigenvalue weighted by Gasteiger charge is 2.68. The van der Waals surface area contributed by atoms with Crippen LogP contribution in [0.2, 0.25) is 0 Å². The molecule has 1 rings (SSSR count). The lowest BCUT2D eigenvalue weighted by Gasteiger charge is -2.22. The predicted molar refractivity (Wildman–Crippen MR) is 72.0 cm³/mol. The Kier molecular flexibility index (Phi) is 3.80. The standard InChI is InChI=1S/C14H26N2O2/c1-10(17)15(6)8-9-16(7)12(18)11-13(2,3)14(11,4)5/h11H,8-9H2,1-7H3. The van der Waals surface area contributed by atoms with Gasteiger partial charge in [-0.05, 0) is 10.8 Å². The Morgan fingerprint density at radius 2 is 1.33 bits per heavy atom. The molecule has 0 aromatic rings. The van der Waals surface area contributed by atoms with Crippen molar-refractivity contribution in [3.05, 3.63) is 0 Å². The smallest absolute Gasteiger partial charge is 0.226 e. The lowest BCUT2D eigenvalue weighted by atomic mass is 10.0. The first-order chi connectivity index (χ1) is 8.03. The van der Waals surface area contributed by atoms with Crippen molar-refractivity contribution in [3.63, 3.8) is 0 Å². The summed E-state index contributed by atoms with van der Waals surface area (Å²) in [5.74, 6) is 0.322. The van der Waals surface area contributed by atoms with Gasteiger partial charge in [0.05, 0.1) is 0 Å². The summed E-state index contributed by atoms with van der Waals surface area (Å²) < 4.78 is 0. The highest BCUT2D eigenvalue weighted by molar-refractivity contribution is 5.84. The molecule has 0 unspecified atom stereocenters. The van der Waals surface area contributed by atoms with E-state index < -0.39 is 0 Å². The predicted octanol–water partition coefficient (Wildman–Crippen LogP) is 1.61. The summed E-state index contributed by atoms with van der Waals surface area (Å²) in [5.41, 5.74) is 0.148. The monoisotopic (exact) mass is 254 g/mol. The Balaban J connectivity index is 2.52. The molecule has 1 fully saturated rings. The number of likely N-dealkylation sites (N-methyl/N-ethyl adjacent to an activating group) is 2. The Labute approximate surface area is 110 Å². The van der Waals surface area contributed by atoms with Crippen LogP contribution >= 0.6 is 0 Å². The highest BCUT2D eigenvalue weighted by atomic mass is 16.2. The van der Waals surface area contributed by atoms with Crippen molar-refractivity contribution in [2.24, 2.45) is 16.7 Å². The molecule has 104 valence electrons. The van der Waals surface area contributed by atoms with Gasteiger partial charge < -0.3 is 9.80 Å². The van der Waals surface area contributed by atoms with E-state index in [0.717, 1.165) is 0 Å². The average molecular weight is 254 g/mol.